The zero-order valence-electron chi connectivity index (χ0n) is 7.94. The summed E-state index contributed by atoms with van der Waals surface area (Å²) in [4.78, 5) is 10.5. The number of rotatable bonds is 5. The lowest BCUT2D eigenvalue weighted by atomic mass is 10.3. The summed E-state index contributed by atoms with van der Waals surface area (Å²) < 4.78 is 30.5. The van der Waals surface area contributed by atoms with Gasteiger partial charge in [-0.15, -0.1) is 0 Å². The molecule has 1 unspecified atom stereocenters. The van der Waals surface area contributed by atoms with E-state index in [4.69, 9.17) is 0 Å². The molecule has 0 aromatic rings. The number of ether oxygens (including phenoxy) is 1. The van der Waals surface area contributed by atoms with Crippen molar-refractivity contribution in [1.29, 1.82) is 0 Å². The van der Waals surface area contributed by atoms with Crippen LogP contribution in [0.1, 0.15) is 26.7 Å². The fraction of sp³-hybridized carbons (Fsp3) is 0.857. The molecule has 0 heterocycles. The van der Waals surface area contributed by atoms with Crippen LogP contribution in [0.2, 0.25) is 0 Å². The Hall–Kier alpha value is -0.620. The molecule has 0 aliphatic heterocycles. The molecule has 78 valence electrons. The monoisotopic (exact) mass is 210 g/mol. The van der Waals surface area contributed by atoms with E-state index < -0.39 is 22.4 Å². The lowest BCUT2D eigenvalue weighted by molar-refractivity contribution is -0.160. The van der Waals surface area contributed by atoms with Crippen LogP contribution in [0.4, 0.5) is 0 Å². The molecule has 0 rings (SSSR count). The molecule has 1 atom stereocenters. The second kappa shape index (κ2) is 5.18. The second-order valence-electron chi connectivity index (χ2n) is 2.63. The minimum absolute atomic E-state index is 0.368. The lowest BCUT2D eigenvalue weighted by Crippen LogP contribution is -2.22. The van der Waals surface area contributed by atoms with Crippen molar-refractivity contribution in [1.82, 2.24) is 0 Å². The van der Waals surface area contributed by atoms with Crippen LogP contribution in [0.25, 0.3) is 0 Å². The Kier molecular flexibility index (Phi) is 4.94. The summed E-state index contributed by atoms with van der Waals surface area (Å²) in [5.74, 6) is -0.554. The first kappa shape index (κ1) is 12.4. The average molecular weight is 210 g/mol. The Balaban J connectivity index is 4.17. The molecule has 0 aliphatic carbocycles. The van der Waals surface area contributed by atoms with E-state index in [2.05, 4.69) is 8.92 Å². The molecule has 0 bridgehead atoms. The van der Waals surface area contributed by atoms with E-state index >= 15 is 0 Å². The van der Waals surface area contributed by atoms with Crippen LogP contribution in [-0.4, -0.2) is 26.9 Å². The van der Waals surface area contributed by atoms with E-state index in [1.807, 2.05) is 6.92 Å². The van der Waals surface area contributed by atoms with Gasteiger partial charge in [-0.25, -0.2) is 4.18 Å². The Morgan fingerprint density at radius 1 is 1.46 bits per heavy atom. The van der Waals surface area contributed by atoms with Gasteiger partial charge in [0.15, 0.2) is 0 Å². The van der Waals surface area contributed by atoms with Gasteiger partial charge >= 0.3 is 5.97 Å². The van der Waals surface area contributed by atoms with Gasteiger partial charge in [0.25, 0.3) is 10.1 Å². The highest BCUT2D eigenvalue weighted by Gasteiger charge is 2.16. The topological polar surface area (TPSA) is 69.7 Å². The van der Waals surface area contributed by atoms with E-state index in [9.17, 15) is 13.2 Å². The molecule has 13 heavy (non-hydrogen) atoms. The molecule has 0 aromatic heterocycles. The van der Waals surface area contributed by atoms with Crippen molar-refractivity contribution in [2.75, 3.05) is 6.26 Å². The maximum atomic E-state index is 10.7. The van der Waals surface area contributed by atoms with Crippen molar-refractivity contribution in [3.63, 3.8) is 0 Å². The van der Waals surface area contributed by atoms with Crippen LogP contribution < -0.4 is 0 Å². The molecular weight excluding hydrogens is 196 g/mol. The normalized spacial score (nSPS) is 13.8. The Bertz CT molecular complexity index is 256. The molecule has 0 saturated carbocycles. The summed E-state index contributed by atoms with van der Waals surface area (Å²) in [6.45, 7) is 3.04. The van der Waals surface area contributed by atoms with Crippen molar-refractivity contribution in [3.8, 4) is 0 Å². The Labute approximate surface area is 78.2 Å². The largest absolute Gasteiger partial charge is 0.435 e. The molecule has 0 spiro atoms. The van der Waals surface area contributed by atoms with Crippen molar-refractivity contribution in [2.24, 2.45) is 0 Å². The van der Waals surface area contributed by atoms with Crippen molar-refractivity contribution in [3.05, 3.63) is 0 Å². The highest BCUT2D eigenvalue weighted by Crippen LogP contribution is 2.07. The quantitative estimate of drug-likeness (QED) is 0.378. The molecule has 6 heteroatoms. The molecular formula is C7H14O5S. The number of carbonyl (C=O) groups is 1. The molecule has 5 nitrogen and oxygen atoms in total. The van der Waals surface area contributed by atoms with E-state index in [1.165, 1.54) is 6.92 Å². The highest BCUT2D eigenvalue weighted by molar-refractivity contribution is 7.86. The van der Waals surface area contributed by atoms with Gasteiger partial charge in [0, 0.05) is 13.3 Å². The van der Waals surface area contributed by atoms with Gasteiger partial charge in [0.2, 0.25) is 6.29 Å². The van der Waals surface area contributed by atoms with Crippen LogP contribution in [0.3, 0.4) is 0 Å². The zero-order valence-corrected chi connectivity index (χ0v) is 8.76. The van der Waals surface area contributed by atoms with Crippen molar-refractivity contribution in [2.45, 2.75) is 33.0 Å². The van der Waals surface area contributed by atoms with Crippen LogP contribution in [0.15, 0.2) is 0 Å². The van der Waals surface area contributed by atoms with Gasteiger partial charge in [-0.2, -0.15) is 8.42 Å². The summed E-state index contributed by atoms with van der Waals surface area (Å²) in [7, 11) is -3.57. The molecule has 0 radical (unpaired) electrons. The first-order valence-corrected chi connectivity index (χ1v) is 5.72. The maximum Gasteiger partial charge on any atom is 0.304 e. The van der Waals surface area contributed by atoms with Gasteiger partial charge in [0.05, 0.1) is 6.26 Å². The van der Waals surface area contributed by atoms with Gasteiger partial charge in [-0.05, 0) is 0 Å². The fourth-order valence-electron chi connectivity index (χ4n) is 0.742. The summed E-state index contributed by atoms with van der Waals surface area (Å²) in [5.41, 5.74) is 0. The maximum absolute atomic E-state index is 10.7. The molecule has 0 aromatic carbocycles. The molecule has 0 fully saturated rings. The van der Waals surface area contributed by atoms with Gasteiger partial charge in [0.1, 0.15) is 0 Å². The molecule has 0 aliphatic rings. The van der Waals surface area contributed by atoms with E-state index in [0.29, 0.717) is 12.8 Å². The number of carbonyl (C=O) groups excluding carboxylic acids is 1. The van der Waals surface area contributed by atoms with Crippen LogP contribution >= 0.6 is 0 Å². The second-order valence-corrected chi connectivity index (χ2v) is 4.23. The zero-order chi connectivity index (χ0) is 10.5. The highest BCUT2D eigenvalue weighted by atomic mass is 32.2. The van der Waals surface area contributed by atoms with Gasteiger partial charge < -0.3 is 4.74 Å². The van der Waals surface area contributed by atoms with Gasteiger partial charge in [-0.3, -0.25) is 4.79 Å². The Morgan fingerprint density at radius 2 is 2.00 bits per heavy atom. The molecule has 0 N–H and O–H groups in total. The van der Waals surface area contributed by atoms with Crippen LogP contribution in [0, 0.1) is 0 Å². The van der Waals surface area contributed by atoms with E-state index in [-0.39, 0.29) is 0 Å². The third kappa shape index (κ3) is 7.73. The van der Waals surface area contributed by atoms with Gasteiger partial charge in [-0.1, -0.05) is 13.3 Å². The SMILES string of the molecule is CCCC(OC(C)=O)OS(C)(=O)=O. The van der Waals surface area contributed by atoms with E-state index in [1.54, 1.807) is 0 Å². The predicted molar refractivity (Wildman–Crippen MR) is 46.4 cm³/mol. The lowest BCUT2D eigenvalue weighted by Gasteiger charge is -2.14. The average Bonchev–Trinajstić information content (AvgIpc) is 1.81. The van der Waals surface area contributed by atoms with Crippen molar-refractivity contribution >= 4 is 16.1 Å². The fourth-order valence-corrected chi connectivity index (χ4v) is 1.27. The number of hydrogen-bond donors (Lipinski definition) is 0. The Morgan fingerprint density at radius 3 is 2.31 bits per heavy atom. The van der Waals surface area contributed by atoms with Crippen LogP contribution in [0.5, 0.6) is 0 Å². The summed E-state index contributed by atoms with van der Waals surface area (Å²) in [6.07, 6.45) is 0.969. The standard InChI is InChI=1S/C7H14O5S/c1-4-5-7(11-6(2)8)12-13(3,9)10/h7H,4-5H2,1-3H3. The smallest absolute Gasteiger partial charge is 0.304 e. The summed E-state index contributed by atoms with van der Waals surface area (Å²) >= 11 is 0. The number of esters is 1. The minimum Gasteiger partial charge on any atom is -0.435 e. The third-order valence-electron chi connectivity index (χ3n) is 1.10. The number of hydrogen-bond acceptors (Lipinski definition) is 5. The molecule has 0 saturated heterocycles. The summed E-state index contributed by atoms with van der Waals surface area (Å²) in [6, 6.07) is 0. The predicted octanol–water partition coefficient (Wildman–Crippen LogP) is 0.652. The first-order valence-electron chi connectivity index (χ1n) is 3.90. The minimum atomic E-state index is -3.57. The third-order valence-corrected chi connectivity index (χ3v) is 1.67. The van der Waals surface area contributed by atoms with Crippen molar-refractivity contribution < 1.29 is 22.1 Å². The van der Waals surface area contributed by atoms with Crippen LogP contribution in [-0.2, 0) is 23.8 Å². The summed E-state index contributed by atoms with van der Waals surface area (Å²) in [5, 5.41) is 0. The first-order chi connectivity index (χ1) is 5.85. The molecule has 0 amide bonds. The van der Waals surface area contributed by atoms with E-state index in [0.717, 1.165) is 6.26 Å².